The Kier molecular flexibility index (Phi) is 3.66. The van der Waals surface area contributed by atoms with E-state index >= 15 is 0 Å². The first kappa shape index (κ1) is 13.9. The summed E-state index contributed by atoms with van der Waals surface area (Å²) in [6.07, 6.45) is 1.52. The van der Waals surface area contributed by atoms with Crippen LogP contribution in [0.5, 0.6) is 0 Å². The van der Waals surface area contributed by atoms with Crippen molar-refractivity contribution in [2.45, 2.75) is 6.92 Å². The second kappa shape index (κ2) is 5.77. The van der Waals surface area contributed by atoms with Crippen LogP contribution in [0.15, 0.2) is 65.6 Å². The minimum Gasteiger partial charge on any atom is -0.300 e. The summed E-state index contributed by atoms with van der Waals surface area (Å²) in [7, 11) is 0. The van der Waals surface area contributed by atoms with Gasteiger partial charge in [-0.25, -0.2) is 5.10 Å². The maximum atomic E-state index is 11.6. The van der Waals surface area contributed by atoms with E-state index in [2.05, 4.69) is 10.2 Å². The molecule has 3 aromatic rings. The molecule has 0 aliphatic heterocycles. The van der Waals surface area contributed by atoms with E-state index in [1.54, 1.807) is 6.92 Å². The highest BCUT2D eigenvalue weighted by Crippen LogP contribution is 2.20. The molecule has 0 saturated heterocycles. The van der Waals surface area contributed by atoms with Gasteiger partial charge in [0.1, 0.15) is 0 Å². The maximum Gasteiger partial charge on any atom is 0.267 e. The average Bonchev–Trinajstić information content (AvgIpc) is 2.58. The number of benzene rings is 2. The molecular weight excluding hydrogens is 274 g/mol. The number of nitrogens with zero attached hydrogens (tertiary/aromatic N) is 1. The van der Waals surface area contributed by atoms with E-state index in [-0.39, 0.29) is 5.56 Å². The lowest BCUT2D eigenvalue weighted by molar-refractivity contribution is 0.963. The number of hydrogen-bond donors (Lipinski definition) is 2. The summed E-state index contributed by atoms with van der Waals surface area (Å²) in [5.41, 5.74) is 4.09. The largest absolute Gasteiger partial charge is 0.300 e. The lowest BCUT2D eigenvalue weighted by atomic mass is 9.98. The fourth-order valence-corrected chi connectivity index (χ4v) is 2.33. The lowest BCUT2D eigenvalue weighted by Gasteiger charge is -2.08. The van der Waals surface area contributed by atoms with Crippen molar-refractivity contribution in [2.24, 2.45) is 0 Å². The summed E-state index contributed by atoms with van der Waals surface area (Å²) in [4.78, 5) is 11.6. The smallest absolute Gasteiger partial charge is 0.267 e. The van der Waals surface area contributed by atoms with Gasteiger partial charge < -0.3 is 0 Å². The van der Waals surface area contributed by atoms with Gasteiger partial charge in [-0.2, -0.15) is 5.10 Å². The molecule has 2 aromatic carbocycles. The first-order valence-corrected chi connectivity index (χ1v) is 6.96. The van der Waals surface area contributed by atoms with Crippen LogP contribution in [0.2, 0.25) is 0 Å². The molecule has 1 aromatic heterocycles. The molecule has 0 spiro atoms. The second-order valence-electron chi connectivity index (χ2n) is 5.06. The summed E-state index contributed by atoms with van der Waals surface area (Å²) in [6.45, 7) is 1.70. The van der Waals surface area contributed by atoms with Crippen molar-refractivity contribution >= 4 is 5.71 Å². The standard InChI is InChI=1S/C18H15N3O/c1-12-16(11-20-21-18(12)22)17(19)15-9-7-14(8-10-15)13-5-3-2-4-6-13/h2-11,19H,1H3,(H,21,22). The van der Waals surface area contributed by atoms with Gasteiger partial charge in [0.25, 0.3) is 5.56 Å². The number of hydrogen-bond acceptors (Lipinski definition) is 3. The van der Waals surface area contributed by atoms with Crippen molar-refractivity contribution in [3.8, 4) is 11.1 Å². The zero-order valence-corrected chi connectivity index (χ0v) is 12.1. The average molecular weight is 289 g/mol. The molecule has 0 fully saturated rings. The van der Waals surface area contributed by atoms with Crippen LogP contribution in [0.3, 0.4) is 0 Å². The Morgan fingerprint density at radius 1 is 1.00 bits per heavy atom. The van der Waals surface area contributed by atoms with Crippen molar-refractivity contribution < 1.29 is 0 Å². The molecule has 0 aliphatic rings. The van der Waals surface area contributed by atoms with Crippen LogP contribution in [0.4, 0.5) is 0 Å². The van der Waals surface area contributed by atoms with Crippen molar-refractivity contribution in [3.05, 3.63) is 87.8 Å². The highest BCUT2D eigenvalue weighted by molar-refractivity contribution is 6.11. The van der Waals surface area contributed by atoms with Crippen molar-refractivity contribution in [2.75, 3.05) is 0 Å². The monoisotopic (exact) mass is 289 g/mol. The lowest BCUT2D eigenvalue weighted by Crippen LogP contribution is -2.17. The van der Waals surface area contributed by atoms with E-state index in [0.29, 0.717) is 16.8 Å². The molecule has 22 heavy (non-hydrogen) atoms. The predicted octanol–water partition coefficient (Wildman–Crippen LogP) is 3.16. The van der Waals surface area contributed by atoms with E-state index in [1.807, 2.05) is 54.6 Å². The normalized spacial score (nSPS) is 10.4. The van der Waals surface area contributed by atoms with Crippen LogP contribution >= 0.6 is 0 Å². The molecule has 0 aliphatic carbocycles. The SMILES string of the molecule is Cc1c(C(=N)c2ccc(-c3ccccc3)cc2)cn[nH]c1=O. The fraction of sp³-hybridized carbons (Fsp3) is 0.0556. The molecule has 108 valence electrons. The molecule has 4 nitrogen and oxygen atoms in total. The first-order valence-electron chi connectivity index (χ1n) is 6.96. The van der Waals surface area contributed by atoms with Gasteiger partial charge in [-0.15, -0.1) is 0 Å². The molecule has 0 atom stereocenters. The number of rotatable bonds is 3. The first-order chi connectivity index (χ1) is 10.7. The van der Waals surface area contributed by atoms with Crippen molar-refractivity contribution in [1.29, 1.82) is 5.41 Å². The van der Waals surface area contributed by atoms with Gasteiger partial charge in [-0.1, -0.05) is 54.6 Å². The zero-order valence-electron chi connectivity index (χ0n) is 12.1. The molecule has 0 unspecified atom stereocenters. The van der Waals surface area contributed by atoms with Crippen LogP contribution < -0.4 is 5.56 Å². The van der Waals surface area contributed by atoms with Crippen LogP contribution in [0.25, 0.3) is 11.1 Å². The second-order valence-corrected chi connectivity index (χ2v) is 5.06. The molecule has 3 rings (SSSR count). The van der Waals surface area contributed by atoms with Gasteiger partial charge >= 0.3 is 0 Å². The molecule has 1 heterocycles. The van der Waals surface area contributed by atoms with Gasteiger partial charge in [0.05, 0.1) is 11.9 Å². The Balaban J connectivity index is 1.95. The Morgan fingerprint density at radius 2 is 1.64 bits per heavy atom. The minimum atomic E-state index is -0.261. The van der Waals surface area contributed by atoms with Crippen molar-refractivity contribution in [3.63, 3.8) is 0 Å². The van der Waals surface area contributed by atoms with Gasteiger partial charge in [0.15, 0.2) is 0 Å². The van der Waals surface area contributed by atoms with E-state index in [9.17, 15) is 4.79 Å². The van der Waals surface area contributed by atoms with Crippen LogP contribution in [0.1, 0.15) is 16.7 Å². The summed E-state index contributed by atoms with van der Waals surface area (Å²) in [6, 6.07) is 17.8. The summed E-state index contributed by atoms with van der Waals surface area (Å²) in [5.74, 6) is 0. The highest BCUT2D eigenvalue weighted by Gasteiger charge is 2.10. The summed E-state index contributed by atoms with van der Waals surface area (Å²) >= 11 is 0. The third kappa shape index (κ3) is 2.59. The Bertz CT molecular complexity index is 865. The zero-order chi connectivity index (χ0) is 15.5. The van der Waals surface area contributed by atoms with Crippen LogP contribution in [-0.2, 0) is 0 Å². The summed E-state index contributed by atoms with van der Waals surface area (Å²) in [5, 5.41) is 14.4. The minimum absolute atomic E-state index is 0.261. The van der Waals surface area contributed by atoms with E-state index in [1.165, 1.54) is 6.20 Å². The van der Waals surface area contributed by atoms with Crippen LogP contribution in [-0.4, -0.2) is 15.9 Å². The molecule has 2 N–H and O–H groups in total. The molecule has 0 bridgehead atoms. The maximum absolute atomic E-state index is 11.6. The van der Waals surface area contributed by atoms with Crippen molar-refractivity contribution in [1.82, 2.24) is 10.2 Å². The van der Waals surface area contributed by atoms with E-state index in [4.69, 9.17) is 5.41 Å². The summed E-state index contributed by atoms with van der Waals surface area (Å²) < 4.78 is 0. The molecular formula is C18H15N3O. The molecule has 0 amide bonds. The van der Waals surface area contributed by atoms with E-state index < -0.39 is 0 Å². The number of H-pyrrole nitrogens is 1. The number of nitrogens with one attached hydrogen (secondary N) is 2. The van der Waals surface area contributed by atoms with Gasteiger partial charge in [-0.05, 0) is 18.1 Å². The van der Waals surface area contributed by atoms with E-state index in [0.717, 1.165) is 16.7 Å². The van der Waals surface area contributed by atoms with Gasteiger partial charge in [0.2, 0.25) is 0 Å². The fourth-order valence-electron chi connectivity index (χ4n) is 2.33. The Morgan fingerprint density at radius 3 is 2.32 bits per heavy atom. The van der Waals surface area contributed by atoms with Gasteiger partial charge in [0, 0.05) is 16.7 Å². The molecule has 4 heteroatoms. The number of aromatic nitrogens is 2. The Labute approximate surface area is 128 Å². The topological polar surface area (TPSA) is 69.6 Å². The molecule has 0 radical (unpaired) electrons. The van der Waals surface area contributed by atoms with Gasteiger partial charge in [-0.3, -0.25) is 10.2 Å². The van der Waals surface area contributed by atoms with Crippen LogP contribution in [0, 0.1) is 12.3 Å². The Hall–Kier alpha value is -3.01. The highest BCUT2D eigenvalue weighted by atomic mass is 16.1. The third-order valence-electron chi connectivity index (χ3n) is 3.65. The number of aromatic amines is 1. The third-order valence-corrected chi connectivity index (χ3v) is 3.65. The molecule has 0 saturated carbocycles. The quantitative estimate of drug-likeness (QED) is 0.727. The predicted molar refractivity (Wildman–Crippen MR) is 87.4 cm³/mol.